The summed E-state index contributed by atoms with van der Waals surface area (Å²) >= 11 is 0. The third-order valence-corrected chi connectivity index (χ3v) is 2.91. The van der Waals surface area contributed by atoms with Gasteiger partial charge < -0.3 is 4.98 Å². The normalized spacial score (nSPS) is 12.7. The maximum atomic E-state index is 12.4. The first-order valence-electron chi connectivity index (χ1n) is 5.91. The van der Waals surface area contributed by atoms with Crippen LogP contribution >= 0.6 is 0 Å². The van der Waals surface area contributed by atoms with Crippen molar-refractivity contribution in [2.24, 2.45) is 0 Å². The van der Waals surface area contributed by atoms with Gasteiger partial charge in [0.25, 0.3) is 0 Å². The summed E-state index contributed by atoms with van der Waals surface area (Å²) in [6.07, 6.45) is -3.24. The van der Waals surface area contributed by atoms with Crippen molar-refractivity contribution in [3.63, 3.8) is 0 Å². The fourth-order valence-corrected chi connectivity index (χ4v) is 1.76. The van der Waals surface area contributed by atoms with Crippen LogP contribution in [0, 0.1) is 0 Å². The third kappa shape index (κ3) is 2.97. The van der Waals surface area contributed by atoms with E-state index in [2.05, 4.69) is 30.7 Å². The molecule has 19 heavy (non-hydrogen) atoms. The van der Waals surface area contributed by atoms with Crippen molar-refractivity contribution in [2.45, 2.75) is 32.4 Å². The first kappa shape index (κ1) is 13.6. The molecule has 1 heterocycles. The molecule has 0 aliphatic carbocycles. The number of hydrogen-bond donors (Lipinski definition) is 1. The van der Waals surface area contributed by atoms with Crippen LogP contribution < -0.4 is 0 Å². The molecule has 0 aliphatic rings. The number of imidazole rings is 1. The van der Waals surface area contributed by atoms with Gasteiger partial charge in [-0.15, -0.1) is 0 Å². The minimum absolute atomic E-state index is 0.0175. The average Bonchev–Trinajstić information content (AvgIpc) is 2.77. The Balaban J connectivity index is 2.31. The van der Waals surface area contributed by atoms with Crippen molar-refractivity contribution in [3.8, 4) is 11.3 Å². The van der Waals surface area contributed by atoms with Gasteiger partial charge in [-0.1, -0.05) is 45.0 Å². The molecule has 102 valence electrons. The van der Waals surface area contributed by atoms with Crippen molar-refractivity contribution in [1.82, 2.24) is 9.97 Å². The molecule has 0 unspecified atom stereocenters. The lowest BCUT2D eigenvalue weighted by molar-refractivity contribution is -0.144. The average molecular weight is 268 g/mol. The molecule has 5 heteroatoms. The second-order valence-corrected chi connectivity index (χ2v) is 5.47. The molecule has 0 radical (unpaired) electrons. The van der Waals surface area contributed by atoms with Gasteiger partial charge in [-0.2, -0.15) is 13.2 Å². The number of nitrogens with one attached hydrogen (secondary N) is 1. The smallest absolute Gasteiger partial charge is 0.334 e. The molecular formula is C14H15F3N2. The lowest BCUT2D eigenvalue weighted by Crippen LogP contribution is -2.10. The minimum Gasteiger partial charge on any atom is -0.334 e. The zero-order chi connectivity index (χ0) is 14.3. The highest BCUT2D eigenvalue weighted by atomic mass is 19.4. The predicted octanol–water partition coefficient (Wildman–Crippen LogP) is 4.39. The van der Waals surface area contributed by atoms with Crippen LogP contribution in [0.1, 0.15) is 32.2 Å². The van der Waals surface area contributed by atoms with Gasteiger partial charge >= 0.3 is 6.18 Å². The van der Waals surface area contributed by atoms with Gasteiger partial charge in [0, 0.05) is 0 Å². The second-order valence-electron chi connectivity index (χ2n) is 5.47. The molecule has 2 nitrogen and oxygen atoms in total. The highest BCUT2D eigenvalue weighted by molar-refractivity contribution is 5.59. The largest absolute Gasteiger partial charge is 0.449 e. The van der Waals surface area contributed by atoms with Crippen molar-refractivity contribution >= 4 is 0 Å². The van der Waals surface area contributed by atoms with Gasteiger partial charge in [0.2, 0.25) is 5.82 Å². The molecule has 0 amide bonds. The third-order valence-electron chi connectivity index (χ3n) is 2.91. The minimum atomic E-state index is -4.44. The van der Waals surface area contributed by atoms with Crippen LogP contribution in [-0.2, 0) is 11.6 Å². The number of alkyl halides is 3. The van der Waals surface area contributed by atoms with Crippen molar-refractivity contribution in [3.05, 3.63) is 41.9 Å². The Labute approximate surface area is 109 Å². The number of hydrogen-bond acceptors (Lipinski definition) is 1. The van der Waals surface area contributed by atoms with Crippen LogP contribution in [0.4, 0.5) is 13.2 Å². The zero-order valence-corrected chi connectivity index (χ0v) is 11.0. The Bertz CT molecular complexity index is 560. The number of rotatable bonds is 1. The van der Waals surface area contributed by atoms with Gasteiger partial charge in [0.15, 0.2) is 0 Å². The fraction of sp³-hybridized carbons (Fsp3) is 0.357. The van der Waals surface area contributed by atoms with Crippen molar-refractivity contribution in [2.75, 3.05) is 0 Å². The highest BCUT2D eigenvalue weighted by Crippen LogP contribution is 2.29. The number of benzene rings is 1. The summed E-state index contributed by atoms with van der Waals surface area (Å²) in [5.74, 6) is -0.970. The monoisotopic (exact) mass is 268 g/mol. The summed E-state index contributed by atoms with van der Waals surface area (Å²) in [6, 6.07) is 7.44. The zero-order valence-electron chi connectivity index (χ0n) is 11.0. The molecule has 0 fully saturated rings. The molecular weight excluding hydrogens is 253 g/mol. The number of halogens is 3. The summed E-state index contributed by atoms with van der Waals surface area (Å²) in [4.78, 5) is 5.65. The molecule has 2 rings (SSSR count). The second kappa shape index (κ2) is 4.40. The van der Waals surface area contributed by atoms with Crippen LogP contribution in [-0.4, -0.2) is 9.97 Å². The highest BCUT2D eigenvalue weighted by Gasteiger charge is 2.34. The maximum Gasteiger partial charge on any atom is 0.449 e. The van der Waals surface area contributed by atoms with E-state index >= 15 is 0 Å². The van der Waals surface area contributed by atoms with E-state index in [4.69, 9.17) is 0 Å². The predicted molar refractivity (Wildman–Crippen MR) is 67.7 cm³/mol. The Kier molecular flexibility index (Phi) is 3.16. The van der Waals surface area contributed by atoms with E-state index in [-0.39, 0.29) is 5.41 Å². The number of aromatic amines is 1. The van der Waals surface area contributed by atoms with Gasteiger partial charge in [0.05, 0.1) is 11.9 Å². The number of H-pyrrole nitrogens is 1. The van der Waals surface area contributed by atoms with E-state index in [0.29, 0.717) is 11.3 Å². The lowest BCUT2D eigenvalue weighted by Gasteiger charge is -2.18. The summed E-state index contributed by atoms with van der Waals surface area (Å²) < 4.78 is 37.3. The number of aromatic nitrogens is 2. The van der Waals surface area contributed by atoms with Crippen molar-refractivity contribution in [1.29, 1.82) is 0 Å². The molecule has 0 atom stereocenters. The van der Waals surface area contributed by atoms with E-state index in [9.17, 15) is 13.2 Å². The van der Waals surface area contributed by atoms with Crippen molar-refractivity contribution < 1.29 is 13.2 Å². The Morgan fingerprint density at radius 2 is 1.58 bits per heavy atom. The molecule has 1 aromatic heterocycles. The number of nitrogens with zero attached hydrogens (tertiary/aromatic N) is 1. The lowest BCUT2D eigenvalue weighted by atomic mass is 9.86. The Morgan fingerprint density at radius 3 is 2.00 bits per heavy atom. The Hall–Kier alpha value is -1.78. The van der Waals surface area contributed by atoms with E-state index < -0.39 is 12.0 Å². The molecule has 0 bridgehead atoms. The molecule has 1 aromatic carbocycles. The fourth-order valence-electron chi connectivity index (χ4n) is 1.76. The molecule has 0 aliphatic heterocycles. The van der Waals surface area contributed by atoms with Crippen LogP contribution in [0.2, 0.25) is 0 Å². The summed E-state index contributed by atoms with van der Waals surface area (Å²) in [7, 11) is 0. The SMILES string of the molecule is CC(C)(C)c1ccc(-c2cnc(C(F)(F)F)[nH]2)cc1. The first-order valence-corrected chi connectivity index (χ1v) is 5.91. The van der Waals surface area contributed by atoms with Crippen LogP contribution in [0.3, 0.4) is 0 Å². The topological polar surface area (TPSA) is 28.7 Å². The Morgan fingerprint density at radius 1 is 1.00 bits per heavy atom. The maximum absolute atomic E-state index is 12.4. The van der Waals surface area contributed by atoms with Crippen LogP contribution in [0.15, 0.2) is 30.5 Å². The van der Waals surface area contributed by atoms with Crippen LogP contribution in [0.25, 0.3) is 11.3 Å². The molecule has 0 saturated heterocycles. The molecule has 0 saturated carbocycles. The summed E-state index contributed by atoms with van der Waals surface area (Å²) in [6.45, 7) is 6.25. The summed E-state index contributed by atoms with van der Waals surface area (Å²) in [5.41, 5.74) is 2.21. The van der Waals surface area contributed by atoms with Gasteiger partial charge in [-0.05, 0) is 16.5 Å². The van der Waals surface area contributed by atoms with E-state index in [1.807, 2.05) is 12.1 Å². The molecule has 0 spiro atoms. The van der Waals surface area contributed by atoms with Gasteiger partial charge in [0.1, 0.15) is 0 Å². The van der Waals surface area contributed by atoms with E-state index in [0.717, 1.165) is 5.56 Å². The molecule has 2 aromatic rings. The standard InChI is InChI=1S/C14H15F3N2/c1-13(2,3)10-6-4-9(5-7-10)11-8-18-12(19-11)14(15,16)17/h4-8H,1-3H3,(H,18,19). The van der Waals surface area contributed by atoms with Gasteiger partial charge in [-0.3, -0.25) is 0 Å². The van der Waals surface area contributed by atoms with Gasteiger partial charge in [-0.25, -0.2) is 4.98 Å². The van der Waals surface area contributed by atoms with E-state index in [1.165, 1.54) is 6.20 Å². The van der Waals surface area contributed by atoms with Crippen LogP contribution in [0.5, 0.6) is 0 Å². The quantitative estimate of drug-likeness (QED) is 0.816. The van der Waals surface area contributed by atoms with E-state index in [1.54, 1.807) is 12.1 Å². The molecule has 1 N–H and O–H groups in total. The first-order chi connectivity index (χ1) is 8.68. The summed E-state index contributed by atoms with van der Waals surface area (Å²) in [5, 5.41) is 0.